The molecule has 3 nitrogen and oxygen atoms in total. The lowest BCUT2D eigenvalue weighted by Gasteiger charge is -2.11. The van der Waals surface area contributed by atoms with Crippen molar-refractivity contribution in [3.05, 3.63) is 23.5 Å². The molecule has 0 spiro atoms. The lowest BCUT2D eigenvalue weighted by Crippen LogP contribution is -2.14. The Labute approximate surface area is 78.9 Å². The maximum absolute atomic E-state index is 12.3. The van der Waals surface area contributed by atoms with E-state index in [1.165, 1.54) is 6.07 Å². The first-order chi connectivity index (χ1) is 6.30. The third kappa shape index (κ3) is 2.35. The zero-order valence-corrected chi connectivity index (χ0v) is 7.47. The summed E-state index contributed by atoms with van der Waals surface area (Å²) in [4.78, 5) is 3.37. The zero-order chi connectivity index (χ0) is 10.9. The molecule has 4 N–H and O–H groups in total. The molecule has 0 aliphatic rings. The van der Waals surface area contributed by atoms with Crippen LogP contribution in [0.2, 0.25) is 0 Å². The van der Waals surface area contributed by atoms with E-state index in [9.17, 15) is 13.2 Å². The van der Waals surface area contributed by atoms with Crippen LogP contribution in [0.25, 0.3) is 0 Å². The molecule has 0 saturated heterocycles. The van der Waals surface area contributed by atoms with E-state index in [0.717, 1.165) is 6.07 Å². The second-order valence-electron chi connectivity index (χ2n) is 3.00. The van der Waals surface area contributed by atoms with Gasteiger partial charge in [0.15, 0.2) is 0 Å². The third-order valence-electron chi connectivity index (χ3n) is 1.62. The number of pyridine rings is 1. The van der Waals surface area contributed by atoms with Crippen LogP contribution in [0.15, 0.2) is 12.1 Å². The molecule has 1 heterocycles. The van der Waals surface area contributed by atoms with Crippen molar-refractivity contribution < 1.29 is 13.2 Å². The summed E-state index contributed by atoms with van der Waals surface area (Å²) in [7, 11) is 0. The number of hydrogen-bond acceptors (Lipinski definition) is 3. The number of nitrogen functional groups attached to an aromatic ring is 1. The fraction of sp³-hybridized carbons (Fsp3) is 0.375. The van der Waals surface area contributed by atoms with E-state index in [0.29, 0.717) is 0 Å². The van der Waals surface area contributed by atoms with Crippen LogP contribution in [0.3, 0.4) is 0 Å². The van der Waals surface area contributed by atoms with Crippen LogP contribution in [0, 0.1) is 0 Å². The van der Waals surface area contributed by atoms with E-state index in [1.54, 1.807) is 6.92 Å². The average Bonchev–Trinajstić information content (AvgIpc) is 2.01. The number of nitrogens with zero attached hydrogens (tertiary/aromatic N) is 1. The van der Waals surface area contributed by atoms with Crippen LogP contribution in [-0.2, 0) is 6.18 Å². The number of alkyl halides is 3. The maximum Gasteiger partial charge on any atom is 0.433 e. The summed E-state index contributed by atoms with van der Waals surface area (Å²) in [6.45, 7) is 1.54. The van der Waals surface area contributed by atoms with Crippen LogP contribution < -0.4 is 11.5 Å². The van der Waals surface area contributed by atoms with Crippen LogP contribution >= 0.6 is 0 Å². The van der Waals surface area contributed by atoms with Crippen molar-refractivity contribution in [2.75, 3.05) is 5.73 Å². The first-order valence-electron chi connectivity index (χ1n) is 3.91. The summed E-state index contributed by atoms with van der Waals surface area (Å²) in [5.41, 5.74) is 9.85. The molecule has 0 aliphatic carbocycles. The molecule has 0 saturated carbocycles. The minimum absolute atomic E-state index is 0.0135. The van der Waals surface area contributed by atoms with Gasteiger partial charge in [-0.05, 0) is 19.1 Å². The molecule has 6 heteroatoms. The molecule has 0 radical (unpaired) electrons. The molecule has 0 aliphatic heterocycles. The second-order valence-corrected chi connectivity index (χ2v) is 3.00. The molecule has 0 unspecified atom stereocenters. The molecule has 14 heavy (non-hydrogen) atoms. The summed E-state index contributed by atoms with van der Waals surface area (Å²) in [6, 6.07) is 1.55. The Kier molecular flexibility index (Phi) is 2.66. The van der Waals surface area contributed by atoms with E-state index >= 15 is 0 Å². The summed E-state index contributed by atoms with van der Waals surface area (Å²) in [6.07, 6.45) is -4.49. The molecule has 0 fully saturated rings. The summed E-state index contributed by atoms with van der Waals surface area (Å²) < 4.78 is 36.8. The van der Waals surface area contributed by atoms with Gasteiger partial charge >= 0.3 is 6.18 Å². The SMILES string of the molecule is C[C@@H](N)c1cc(N)cc(C(F)(F)F)n1. The van der Waals surface area contributed by atoms with Gasteiger partial charge in [0.05, 0.1) is 5.69 Å². The Hall–Kier alpha value is -1.30. The van der Waals surface area contributed by atoms with Crippen molar-refractivity contribution in [3.63, 3.8) is 0 Å². The molecule has 1 rings (SSSR count). The van der Waals surface area contributed by atoms with Gasteiger partial charge in [0.2, 0.25) is 0 Å². The summed E-state index contributed by atoms with van der Waals surface area (Å²) in [5.74, 6) is 0. The first kappa shape index (κ1) is 10.8. The largest absolute Gasteiger partial charge is 0.433 e. The average molecular weight is 205 g/mol. The van der Waals surface area contributed by atoms with Crippen molar-refractivity contribution in [3.8, 4) is 0 Å². The Morgan fingerprint density at radius 1 is 1.36 bits per heavy atom. The minimum Gasteiger partial charge on any atom is -0.399 e. The van der Waals surface area contributed by atoms with Gasteiger partial charge in [0.25, 0.3) is 0 Å². The highest BCUT2D eigenvalue weighted by atomic mass is 19.4. The number of rotatable bonds is 1. The van der Waals surface area contributed by atoms with Gasteiger partial charge in [-0.2, -0.15) is 13.2 Å². The first-order valence-corrected chi connectivity index (χ1v) is 3.91. The van der Waals surface area contributed by atoms with E-state index in [4.69, 9.17) is 11.5 Å². The van der Waals surface area contributed by atoms with Gasteiger partial charge in [0, 0.05) is 11.7 Å². The van der Waals surface area contributed by atoms with Crippen molar-refractivity contribution in [1.82, 2.24) is 4.98 Å². The Morgan fingerprint density at radius 3 is 2.36 bits per heavy atom. The second kappa shape index (κ2) is 3.45. The van der Waals surface area contributed by atoms with Gasteiger partial charge in [-0.3, -0.25) is 0 Å². The van der Waals surface area contributed by atoms with Crippen molar-refractivity contribution in [2.24, 2.45) is 5.73 Å². The van der Waals surface area contributed by atoms with E-state index in [2.05, 4.69) is 4.98 Å². The number of aromatic nitrogens is 1. The predicted octanol–water partition coefficient (Wildman–Crippen LogP) is 1.70. The fourth-order valence-corrected chi connectivity index (χ4v) is 0.952. The normalized spacial score (nSPS) is 14.1. The molecule has 1 aromatic heterocycles. The molecule has 1 aromatic rings. The Balaban J connectivity index is 3.21. The smallest absolute Gasteiger partial charge is 0.399 e. The minimum atomic E-state index is -4.49. The number of hydrogen-bond donors (Lipinski definition) is 2. The number of halogens is 3. The third-order valence-corrected chi connectivity index (χ3v) is 1.62. The highest BCUT2D eigenvalue weighted by Gasteiger charge is 2.33. The molecule has 0 amide bonds. The fourth-order valence-electron chi connectivity index (χ4n) is 0.952. The van der Waals surface area contributed by atoms with E-state index in [1.807, 2.05) is 0 Å². The van der Waals surface area contributed by atoms with E-state index < -0.39 is 17.9 Å². The molecule has 0 aromatic carbocycles. The van der Waals surface area contributed by atoms with Gasteiger partial charge in [-0.1, -0.05) is 0 Å². The molecule has 1 atom stereocenters. The highest BCUT2D eigenvalue weighted by molar-refractivity contribution is 5.41. The summed E-state index contributed by atoms with van der Waals surface area (Å²) >= 11 is 0. The van der Waals surface area contributed by atoms with E-state index in [-0.39, 0.29) is 11.4 Å². The van der Waals surface area contributed by atoms with Gasteiger partial charge in [0.1, 0.15) is 5.69 Å². The topological polar surface area (TPSA) is 64.9 Å². The van der Waals surface area contributed by atoms with Crippen LogP contribution in [-0.4, -0.2) is 4.98 Å². The lowest BCUT2D eigenvalue weighted by molar-refractivity contribution is -0.141. The highest BCUT2D eigenvalue weighted by Crippen LogP contribution is 2.29. The number of nitrogens with two attached hydrogens (primary N) is 2. The van der Waals surface area contributed by atoms with Crippen LogP contribution in [0.5, 0.6) is 0 Å². The molecular weight excluding hydrogens is 195 g/mol. The Morgan fingerprint density at radius 2 is 1.93 bits per heavy atom. The van der Waals surface area contributed by atoms with Gasteiger partial charge < -0.3 is 11.5 Å². The quantitative estimate of drug-likeness (QED) is 0.733. The van der Waals surface area contributed by atoms with Crippen molar-refractivity contribution >= 4 is 5.69 Å². The summed E-state index contributed by atoms with van der Waals surface area (Å²) in [5, 5.41) is 0. The molecule has 78 valence electrons. The van der Waals surface area contributed by atoms with Gasteiger partial charge in [-0.25, -0.2) is 4.98 Å². The molecular formula is C8H10F3N3. The predicted molar refractivity (Wildman–Crippen MR) is 46.3 cm³/mol. The van der Waals surface area contributed by atoms with Gasteiger partial charge in [-0.15, -0.1) is 0 Å². The maximum atomic E-state index is 12.3. The standard InChI is InChI=1S/C8H10F3N3/c1-4(12)6-2-5(13)3-7(14-6)8(9,10)11/h2-4H,12H2,1H3,(H2,13,14)/t4-/m1/s1. The molecule has 0 bridgehead atoms. The van der Waals surface area contributed by atoms with Crippen LogP contribution in [0.4, 0.5) is 18.9 Å². The van der Waals surface area contributed by atoms with Crippen molar-refractivity contribution in [1.29, 1.82) is 0 Å². The van der Waals surface area contributed by atoms with Crippen molar-refractivity contribution in [2.45, 2.75) is 19.1 Å². The zero-order valence-electron chi connectivity index (χ0n) is 7.47. The Bertz CT molecular complexity index is 333. The monoisotopic (exact) mass is 205 g/mol. The van der Waals surface area contributed by atoms with Crippen LogP contribution in [0.1, 0.15) is 24.4 Å². The number of anilines is 1. The lowest BCUT2D eigenvalue weighted by atomic mass is 10.2.